The molecule has 22 heavy (non-hydrogen) atoms. The van der Waals surface area contributed by atoms with Crippen LogP contribution in [0.15, 0.2) is 23.4 Å². The molecule has 2 aliphatic heterocycles. The van der Waals surface area contributed by atoms with E-state index in [4.69, 9.17) is 14.7 Å². The second-order valence-electron chi connectivity index (χ2n) is 6.78. The van der Waals surface area contributed by atoms with E-state index < -0.39 is 11.2 Å². The highest BCUT2D eigenvalue weighted by molar-refractivity contribution is 5.79. The first kappa shape index (κ1) is 14.8. The van der Waals surface area contributed by atoms with Crippen LogP contribution in [0.1, 0.15) is 37.5 Å². The normalized spacial score (nSPS) is 19.3. The molecule has 1 aromatic carbocycles. The van der Waals surface area contributed by atoms with E-state index in [9.17, 15) is 4.79 Å². The lowest BCUT2D eigenvalue weighted by Crippen LogP contribution is -2.61. The molecule has 6 heteroatoms. The van der Waals surface area contributed by atoms with E-state index in [0.29, 0.717) is 19.7 Å². The van der Waals surface area contributed by atoms with Crippen LogP contribution in [0.4, 0.5) is 4.79 Å². The van der Waals surface area contributed by atoms with Crippen molar-refractivity contribution >= 4 is 12.3 Å². The van der Waals surface area contributed by atoms with Crippen molar-refractivity contribution < 1.29 is 19.5 Å². The lowest BCUT2D eigenvalue weighted by Gasteiger charge is -2.47. The van der Waals surface area contributed by atoms with Gasteiger partial charge < -0.3 is 19.6 Å². The van der Waals surface area contributed by atoms with Gasteiger partial charge in [0.15, 0.2) is 0 Å². The highest BCUT2D eigenvalue weighted by Crippen LogP contribution is 2.43. The molecular formula is C16H20N2O4. The molecule has 1 fully saturated rings. The Morgan fingerprint density at radius 3 is 2.82 bits per heavy atom. The molecule has 1 saturated heterocycles. The van der Waals surface area contributed by atoms with Gasteiger partial charge in [-0.05, 0) is 43.5 Å². The SMILES string of the molecule is CC(C)(C)OC(=O)N1CC2(C1)OCc1cc(C=NO)ccc12. The fraction of sp³-hybridized carbons (Fsp3) is 0.500. The Morgan fingerprint density at radius 2 is 2.18 bits per heavy atom. The number of carbonyl (C=O) groups is 1. The molecule has 0 saturated carbocycles. The Kier molecular flexibility index (Phi) is 3.36. The van der Waals surface area contributed by atoms with Crippen molar-refractivity contribution in [2.24, 2.45) is 5.16 Å². The number of fused-ring (bicyclic) bond motifs is 2. The van der Waals surface area contributed by atoms with E-state index in [1.54, 1.807) is 4.90 Å². The van der Waals surface area contributed by atoms with Crippen LogP contribution in [0.3, 0.4) is 0 Å². The fourth-order valence-electron chi connectivity index (χ4n) is 2.91. The zero-order chi connectivity index (χ0) is 16.0. The summed E-state index contributed by atoms with van der Waals surface area (Å²) >= 11 is 0. The summed E-state index contributed by atoms with van der Waals surface area (Å²) in [5.41, 5.74) is 2.09. The second kappa shape index (κ2) is 4.98. The van der Waals surface area contributed by atoms with Crippen LogP contribution in [-0.2, 0) is 21.7 Å². The summed E-state index contributed by atoms with van der Waals surface area (Å²) in [6.07, 6.45) is 1.08. The van der Waals surface area contributed by atoms with Crippen LogP contribution in [0, 0.1) is 0 Å². The van der Waals surface area contributed by atoms with E-state index in [2.05, 4.69) is 5.16 Å². The van der Waals surface area contributed by atoms with Gasteiger partial charge in [0.05, 0.1) is 25.9 Å². The molecule has 1 aromatic rings. The average molecular weight is 304 g/mol. The summed E-state index contributed by atoms with van der Waals surface area (Å²) in [4.78, 5) is 13.7. The van der Waals surface area contributed by atoms with Gasteiger partial charge in [-0.3, -0.25) is 0 Å². The van der Waals surface area contributed by atoms with Gasteiger partial charge in [-0.25, -0.2) is 4.79 Å². The number of likely N-dealkylation sites (tertiary alicyclic amines) is 1. The third-order valence-corrected chi connectivity index (χ3v) is 3.88. The molecule has 1 N–H and O–H groups in total. The highest BCUT2D eigenvalue weighted by atomic mass is 16.6. The van der Waals surface area contributed by atoms with Crippen LogP contribution >= 0.6 is 0 Å². The van der Waals surface area contributed by atoms with Crippen molar-refractivity contribution in [3.8, 4) is 0 Å². The molecule has 0 bridgehead atoms. The maximum atomic E-state index is 12.0. The zero-order valence-corrected chi connectivity index (χ0v) is 13.0. The topological polar surface area (TPSA) is 71.4 Å². The largest absolute Gasteiger partial charge is 0.444 e. The summed E-state index contributed by atoms with van der Waals surface area (Å²) < 4.78 is 11.3. The molecular weight excluding hydrogens is 284 g/mol. The van der Waals surface area contributed by atoms with Crippen LogP contribution in [0.2, 0.25) is 0 Å². The molecule has 0 aromatic heterocycles. The van der Waals surface area contributed by atoms with Gasteiger partial charge >= 0.3 is 6.09 Å². The molecule has 2 heterocycles. The van der Waals surface area contributed by atoms with E-state index >= 15 is 0 Å². The fourth-order valence-corrected chi connectivity index (χ4v) is 2.91. The molecule has 0 radical (unpaired) electrons. The first-order chi connectivity index (χ1) is 10.3. The van der Waals surface area contributed by atoms with Gasteiger partial charge in [0.25, 0.3) is 0 Å². The molecule has 0 atom stereocenters. The van der Waals surface area contributed by atoms with Crippen molar-refractivity contribution in [2.45, 2.75) is 38.6 Å². The van der Waals surface area contributed by atoms with Gasteiger partial charge in [0.2, 0.25) is 0 Å². The number of hydrogen-bond donors (Lipinski definition) is 1. The van der Waals surface area contributed by atoms with Gasteiger partial charge in [0.1, 0.15) is 11.2 Å². The maximum absolute atomic E-state index is 12.0. The highest BCUT2D eigenvalue weighted by Gasteiger charge is 2.52. The number of nitrogens with zero attached hydrogens (tertiary/aromatic N) is 2. The van der Waals surface area contributed by atoms with Gasteiger partial charge in [0, 0.05) is 0 Å². The number of benzene rings is 1. The number of hydrogen-bond acceptors (Lipinski definition) is 5. The molecule has 118 valence electrons. The first-order valence-corrected chi connectivity index (χ1v) is 7.26. The van der Waals surface area contributed by atoms with Crippen molar-refractivity contribution in [3.05, 3.63) is 34.9 Å². The number of oxime groups is 1. The average Bonchev–Trinajstić information content (AvgIpc) is 2.74. The Labute approximate surface area is 129 Å². The minimum atomic E-state index is -0.493. The minimum Gasteiger partial charge on any atom is -0.444 e. The van der Waals surface area contributed by atoms with E-state index in [0.717, 1.165) is 16.7 Å². The summed E-state index contributed by atoms with van der Waals surface area (Å²) in [5, 5.41) is 11.6. The van der Waals surface area contributed by atoms with Crippen LogP contribution in [0.5, 0.6) is 0 Å². The van der Waals surface area contributed by atoms with E-state index in [1.807, 2.05) is 39.0 Å². The Balaban J connectivity index is 1.72. The van der Waals surface area contributed by atoms with Crippen molar-refractivity contribution in [3.63, 3.8) is 0 Å². The van der Waals surface area contributed by atoms with Gasteiger partial charge in [-0.1, -0.05) is 17.3 Å². The number of carbonyl (C=O) groups excluding carboxylic acids is 1. The molecule has 6 nitrogen and oxygen atoms in total. The third-order valence-electron chi connectivity index (χ3n) is 3.88. The number of rotatable bonds is 1. The first-order valence-electron chi connectivity index (χ1n) is 7.26. The van der Waals surface area contributed by atoms with E-state index in [-0.39, 0.29) is 6.09 Å². The third kappa shape index (κ3) is 2.54. The smallest absolute Gasteiger partial charge is 0.410 e. The van der Waals surface area contributed by atoms with E-state index in [1.165, 1.54) is 6.21 Å². The van der Waals surface area contributed by atoms with Gasteiger partial charge in [-0.2, -0.15) is 0 Å². The van der Waals surface area contributed by atoms with Gasteiger partial charge in [-0.15, -0.1) is 0 Å². The molecule has 3 rings (SSSR count). The predicted molar refractivity (Wildman–Crippen MR) is 80.1 cm³/mol. The van der Waals surface area contributed by atoms with Crippen molar-refractivity contribution in [1.29, 1.82) is 0 Å². The van der Waals surface area contributed by atoms with Crippen LogP contribution in [0.25, 0.3) is 0 Å². The lowest BCUT2D eigenvalue weighted by atomic mass is 9.85. The maximum Gasteiger partial charge on any atom is 0.410 e. The Hall–Kier alpha value is -2.08. The minimum absolute atomic E-state index is 0.306. The molecule has 0 unspecified atom stereocenters. The summed E-state index contributed by atoms with van der Waals surface area (Å²) in [6, 6.07) is 5.80. The van der Waals surface area contributed by atoms with Crippen molar-refractivity contribution in [1.82, 2.24) is 4.90 Å². The number of amides is 1. The van der Waals surface area contributed by atoms with Crippen LogP contribution in [-0.4, -0.2) is 41.1 Å². The summed E-state index contributed by atoms with van der Waals surface area (Å²) in [5.74, 6) is 0. The van der Waals surface area contributed by atoms with Crippen LogP contribution < -0.4 is 0 Å². The molecule has 0 aliphatic carbocycles. The van der Waals surface area contributed by atoms with Crippen molar-refractivity contribution in [2.75, 3.05) is 13.1 Å². The zero-order valence-electron chi connectivity index (χ0n) is 13.0. The second-order valence-corrected chi connectivity index (χ2v) is 6.78. The standard InChI is InChI=1S/C16H20N2O4/c1-15(2,3)22-14(19)18-9-16(10-18)13-5-4-11(7-17-20)6-12(13)8-21-16/h4-7,20H,8-10H2,1-3H3. The quantitative estimate of drug-likeness (QED) is 0.491. The summed E-state index contributed by atoms with van der Waals surface area (Å²) in [6.45, 7) is 7.07. The monoisotopic (exact) mass is 304 g/mol. The molecule has 1 spiro atoms. The summed E-state index contributed by atoms with van der Waals surface area (Å²) in [7, 11) is 0. The Bertz CT molecular complexity index is 628. The Morgan fingerprint density at radius 1 is 1.45 bits per heavy atom. The number of ether oxygens (including phenoxy) is 2. The molecule has 1 amide bonds. The lowest BCUT2D eigenvalue weighted by molar-refractivity contribution is -0.137. The molecule has 2 aliphatic rings. The predicted octanol–water partition coefficient (Wildman–Crippen LogP) is 2.47.